The number of ketones is 1. The van der Waals surface area contributed by atoms with Gasteiger partial charge in [0.25, 0.3) is 0 Å². The van der Waals surface area contributed by atoms with Gasteiger partial charge in [-0.05, 0) is 42.4 Å². The van der Waals surface area contributed by atoms with Crippen molar-refractivity contribution in [2.24, 2.45) is 0 Å². The van der Waals surface area contributed by atoms with Gasteiger partial charge >= 0.3 is 5.97 Å². The molecule has 1 heterocycles. The zero-order valence-corrected chi connectivity index (χ0v) is 12.5. The van der Waals surface area contributed by atoms with Crippen molar-refractivity contribution in [3.8, 4) is 5.75 Å². The van der Waals surface area contributed by atoms with Crippen LogP contribution in [0.4, 0.5) is 0 Å². The van der Waals surface area contributed by atoms with Crippen molar-refractivity contribution in [2.45, 2.75) is 44.1 Å². The predicted molar refractivity (Wildman–Crippen MR) is 81.1 cm³/mol. The van der Waals surface area contributed by atoms with Crippen LogP contribution in [0.3, 0.4) is 0 Å². The molecular formula is C17H21NO4. The Morgan fingerprint density at radius 1 is 1.32 bits per heavy atom. The molecule has 5 heteroatoms. The topological polar surface area (TPSA) is 75.6 Å². The number of carboxylic acids is 1. The van der Waals surface area contributed by atoms with Gasteiger partial charge in [0.1, 0.15) is 11.5 Å². The summed E-state index contributed by atoms with van der Waals surface area (Å²) in [6, 6.07) is 6.19. The fourth-order valence-electron chi connectivity index (χ4n) is 3.11. The van der Waals surface area contributed by atoms with Crippen molar-refractivity contribution < 1.29 is 19.4 Å². The molecule has 2 fully saturated rings. The molecule has 118 valence electrons. The molecule has 1 atom stereocenters. The summed E-state index contributed by atoms with van der Waals surface area (Å²) in [6.45, 7) is 0.121. The standard InChI is InChI=1S/C17H21NO4/c19-13-5-6-15(18-9-13)12-4-7-16(22-10-17(20)21)14(8-12)11-2-1-3-11/h4,7-8,11,15,18H,1-3,5-6,9-10H2,(H,20,21). The van der Waals surface area contributed by atoms with Gasteiger partial charge < -0.3 is 15.2 Å². The Labute approximate surface area is 129 Å². The smallest absolute Gasteiger partial charge is 0.341 e. The van der Waals surface area contributed by atoms with Crippen LogP contribution in [0.1, 0.15) is 55.2 Å². The summed E-state index contributed by atoms with van der Waals surface area (Å²) in [5, 5.41) is 12.1. The first-order valence-corrected chi connectivity index (χ1v) is 7.87. The van der Waals surface area contributed by atoms with E-state index in [0.717, 1.165) is 30.4 Å². The molecule has 0 amide bonds. The molecule has 1 unspecified atom stereocenters. The second-order valence-corrected chi connectivity index (χ2v) is 6.12. The highest BCUT2D eigenvalue weighted by Crippen LogP contribution is 2.42. The van der Waals surface area contributed by atoms with Gasteiger partial charge in [0.05, 0.1) is 6.54 Å². The Balaban J connectivity index is 1.80. The summed E-state index contributed by atoms with van der Waals surface area (Å²) in [5.74, 6) is 0.449. The van der Waals surface area contributed by atoms with Gasteiger partial charge in [-0.1, -0.05) is 18.6 Å². The number of hydrogen-bond donors (Lipinski definition) is 2. The number of carbonyl (C=O) groups is 2. The molecule has 0 bridgehead atoms. The molecule has 1 saturated carbocycles. The average molecular weight is 303 g/mol. The molecule has 1 aliphatic heterocycles. The van der Waals surface area contributed by atoms with E-state index in [9.17, 15) is 9.59 Å². The van der Waals surface area contributed by atoms with E-state index in [0.29, 0.717) is 24.6 Å². The number of carbonyl (C=O) groups excluding carboxylic acids is 1. The van der Waals surface area contributed by atoms with E-state index in [1.807, 2.05) is 12.1 Å². The van der Waals surface area contributed by atoms with Crippen molar-refractivity contribution >= 4 is 11.8 Å². The fraction of sp³-hybridized carbons (Fsp3) is 0.529. The van der Waals surface area contributed by atoms with Crippen LogP contribution in [0.15, 0.2) is 18.2 Å². The number of Topliss-reactive ketones (excluding diaryl/α,β-unsaturated/α-hetero) is 1. The molecule has 2 N–H and O–H groups in total. The van der Waals surface area contributed by atoms with E-state index < -0.39 is 5.97 Å². The lowest BCUT2D eigenvalue weighted by Gasteiger charge is -2.30. The van der Waals surface area contributed by atoms with Crippen molar-refractivity contribution in [1.82, 2.24) is 5.32 Å². The van der Waals surface area contributed by atoms with E-state index in [2.05, 4.69) is 11.4 Å². The molecule has 0 spiro atoms. The Morgan fingerprint density at radius 3 is 2.73 bits per heavy atom. The highest BCUT2D eigenvalue weighted by atomic mass is 16.5. The summed E-state index contributed by atoms with van der Waals surface area (Å²) in [7, 11) is 0. The van der Waals surface area contributed by atoms with E-state index in [1.54, 1.807) is 0 Å². The molecule has 1 saturated heterocycles. The first-order valence-electron chi connectivity index (χ1n) is 7.87. The predicted octanol–water partition coefficient (Wildman–Crippen LogP) is 2.41. The number of carboxylic acid groups (broad SMARTS) is 1. The van der Waals surface area contributed by atoms with Gasteiger partial charge in [-0.3, -0.25) is 4.79 Å². The zero-order chi connectivity index (χ0) is 15.5. The molecule has 1 aliphatic carbocycles. The fourth-order valence-corrected chi connectivity index (χ4v) is 3.11. The maximum atomic E-state index is 11.3. The minimum atomic E-state index is -0.962. The molecule has 0 radical (unpaired) electrons. The second kappa shape index (κ2) is 6.48. The van der Waals surface area contributed by atoms with Crippen LogP contribution in [0.25, 0.3) is 0 Å². The number of benzene rings is 1. The number of aliphatic carboxylic acids is 1. The van der Waals surface area contributed by atoms with Crippen LogP contribution in [0.5, 0.6) is 5.75 Å². The zero-order valence-electron chi connectivity index (χ0n) is 12.5. The summed E-state index contributed by atoms with van der Waals surface area (Å²) in [5.41, 5.74) is 2.28. The van der Waals surface area contributed by atoms with Gasteiger partial charge in [-0.15, -0.1) is 0 Å². The SMILES string of the molecule is O=C(O)COc1ccc(C2CCC(=O)CN2)cc1C1CCC1. The Hall–Kier alpha value is -1.88. The van der Waals surface area contributed by atoms with E-state index >= 15 is 0 Å². The number of nitrogens with one attached hydrogen (secondary N) is 1. The number of ether oxygens (including phenoxy) is 1. The van der Waals surface area contributed by atoms with E-state index in [4.69, 9.17) is 9.84 Å². The number of rotatable bonds is 5. The van der Waals surface area contributed by atoms with Crippen LogP contribution < -0.4 is 10.1 Å². The summed E-state index contributed by atoms with van der Waals surface area (Å²) in [4.78, 5) is 22.1. The average Bonchev–Trinajstić information content (AvgIpc) is 2.45. The van der Waals surface area contributed by atoms with E-state index in [1.165, 1.54) is 6.42 Å². The van der Waals surface area contributed by atoms with Gasteiger partial charge in [0.2, 0.25) is 0 Å². The molecule has 5 nitrogen and oxygen atoms in total. The van der Waals surface area contributed by atoms with E-state index in [-0.39, 0.29) is 18.4 Å². The lowest BCUT2D eigenvalue weighted by atomic mass is 9.78. The third-order valence-electron chi connectivity index (χ3n) is 4.59. The summed E-state index contributed by atoms with van der Waals surface area (Å²) < 4.78 is 5.44. The van der Waals surface area contributed by atoms with Crippen molar-refractivity contribution in [2.75, 3.05) is 13.2 Å². The third-order valence-corrected chi connectivity index (χ3v) is 4.59. The van der Waals surface area contributed by atoms with Gasteiger partial charge in [0, 0.05) is 12.5 Å². The van der Waals surface area contributed by atoms with Crippen LogP contribution in [0.2, 0.25) is 0 Å². The minimum Gasteiger partial charge on any atom is -0.482 e. The molecule has 1 aromatic carbocycles. The van der Waals surface area contributed by atoms with Gasteiger partial charge in [-0.25, -0.2) is 4.79 Å². The molecule has 3 rings (SSSR count). The van der Waals surface area contributed by atoms with Crippen molar-refractivity contribution in [3.63, 3.8) is 0 Å². The van der Waals surface area contributed by atoms with Gasteiger partial charge in [0.15, 0.2) is 6.61 Å². The highest BCUT2D eigenvalue weighted by molar-refractivity contribution is 5.81. The number of piperidine rings is 1. The van der Waals surface area contributed by atoms with Crippen LogP contribution in [-0.2, 0) is 9.59 Å². The first kappa shape index (κ1) is 15.0. The van der Waals surface area contributed by atoms with Crippen molar-refractivity contribution in [1.29, 1.82) is 0 Å². The minimum absolute atomic E-state index is 0.199. The lowest BCUT2D eigenvalue weighted by Crippen LogP contribution is -2.33. The molecule has 22 heavy (non-hydrogen) atoms. The molecule has 0 aromatic heterocycles. The largest absolute Gasteiger partial charge is 0.482 e. The third kappa shape index (κ3) is 3.30. The second-order valence-electron chi connectivity index (χ2n) is 6.12. The Bertz CT molecular complexity index is 570. The first-order chi connectivity index (χ1) is 10.6. The molecular weight excluding hydrogens is 282 g/mol. The molecule has 2 aliphatic rings. The van der Waals surface area contributed by atoms with Gasteiger partial charge in [-0.2, -0.15) is 0 Å². The quantitative estimate of drug-likeness (QED) is 0.873. The monoisotopic (exact) mass is 303 g/mol. The van der Waals surface area contributed by atoms with Crippen molar-refractivity contribution in [3.05, 3.63) is 29.3 Å². The highest BCUT2D eigenvalue weighted by Gasteiger charge is 2.26. The maximum Gasteiger partial charge on any atom is 0.341 e. The van der Waals surface area contributed by atoms with Crippen LogP contribution in [0, 0.1) is 0 Å². The Kier molecular flexibility index (Phi) is 4.43. The summed E-state index contributed by atoms with van der Waals surface area (Å²) in [6.07, 6.45) is 4.91. The number of hydrogen-bond acceptors (Lipinski definition) is 4. The molecule has 1 aromatic rings. The Morgan fingerprint density at radius 2 is 2.14 bits per heavy atom. The van der Waals surface area contributed by atoms with Crippen LogP contribution in [-0.4, -0.2) is 30.0 Å². The van der Waals surface area contributed by atoms with Crippen LogP contribution >= 0.6 is 0 Å². The normalized spacial score (nSPS) is 22.2. The lowest BCUT2D eigenvalue weighted by molar-refractivity contribution is -0.139. The summed E-state index contributed by atoms with van der Waals surface area (Å²) >= 11 is 0. The maximum absolute atomic E-state index is 11.3.